The summed E-state index contributed by atoms with van der Waals surface area (Å²) in [7, 11) is 1.81. The standard InChI is InChI=1S/C6H13NO2/c1-7-4-5(8)2-3-6(7)9/h5-6,8-9H,2-4H2,1H3/t5-,6+/m1/s1. The molecule has 2 N–H and O–H groups in total. The maximum atomic E-state index is 9.11. The molecule has 1 heterocycles. The molecule has 1 saturated heterocycles. The molecule has 9 heavy (non-hydrogen) atoms. The fourth-order valence-electron chi connectivity index (χ4n) is 1.11. The molecule has 3 heteroatoms. The van der Waals surface area contributed by atoms with Gasteiger partial charge in [0.25, 0.3) is 0 Å². The van der Waals surface area contributed by atoms with Crippen molar-refractivity contribution in [1.29, 1.82) is 0 Å². The number of aliphatic hydroxyl groups excluding tert-OH is 2. The van der Waals surface area contributed by atoms with E-state index in [0.29, 0.717) is 13.0 Å². The number of nitrogens with zero attached hydrogens (tertiary/aromatic N) is 1. The van der Waals surface area contributed by atoms with Crippen LogP contribution in [0.2, 0.25) is 0 Å². The van der Waals surface area contributed by atoms with Crippen molar-refractivity contribution in [3.63, 3.8) is 0 Å². The highest BCUT2D eigenvalue weighted by Gasteiger charge is 2.21. The quantitative estimate of drug-likeness (QED) is 0.461. The van der Waals surface area contributed by atoms with Crippen LogP contribution >= 0.6 is 0 Å². The van der Waals surface area contributed by atoms with Crippen LogP contribution in [0.15, 0.2) is 0 Å². The lowest BCUT2D eigenvalue weighted by Gasteiger charge is -2.31. The van der Waals surface area contributed by atoms with E-state index in [4.69, 9.17) is 10.2 Å². The van der Waals surface area contributed by atoms with Gasteiger partial charge in [-0.05, 0) is 19.9 Å². The lowest BCUT2D eigenvalue weighted by atomic mass is 10.1. The average molecular weight is 131 g/mol. The topological polar surface area (TPSA) is 43.7 Å². The Balaban J connectivity index is 2.35. The molecule has 1 aliphatic heterocycles. The lowest BCUT2D eigenvalue weighted by Crippen LogP contribution is -2.42. The van der Waals surface area contributed by atoms with Gasteiger partial charge in [-0.1, -0.05) is 0 Å². The number of β-amino-alcohol motifs (C(OH)–C–C–N with tert-alkyl or cyclic N) is 1. The maximum absolute atomic E-state index is 9.11. The van der Waals surface area contributed by atoms with Crippen LogP contribution in [-0.2, 0) is 0 Å². The molecule has 1 rings (SSSR count). The molecule has 2 atom stereocenters. The third-order valence-electron chi connectivity index (χ3n) is 1.77. The van der Waals surface area contributed by atoms with Gasteiger partial charge in [0, 0.05) is 6.54 Å². The molecule has 0 amide bonds. The first-order valence-corrected chi connectivity index (χ1v) is 3.26. The van der Waals surface area contributed by atoms with E-state index in [9.17, 15) is 0 Å². The van der Waals surface area contributed by atoms with Gasteiger partial charge in [-0.15, -0.1) is 0 Å². The van der Waals surface area contributed by atoms with E-state index in [1.807, 2.05) is 7.05 Å². The van der Waals surface area contributed by atoms with Crippen LogP contribution < -0.4 is 0 Å². The summed E-state index contributed by atoms with van der Waals surface area (Å²) in [4.78, 5) is 1.76. The Morgan fingerprint density at radius 2 is 2.00 bits per heavy atom. The first kappa shape index (κ1) is 6.99. The summed E-state index contributed by atoms with van der Waals surface area (Å²) < 4.78 is 0. The van der Waals surface area contributed by atoms with Crippen LogP contribution in [0.5, 0.6) is 0 Å². The molecule has 0 spiro atoms. The first-order chi connectivity index (χ1) is 4.20. The number of likely N-dealkylation sites (N-methyl/N-ethyl adjacent to an activating group) is 1. The summed E-state index contributed by atoms with van der Waals surface area (Å²) in [6, 6.07) is 0. The maximum Gasteiger partial charge on any atom is 0.107 e. The Bertz CT molecular complexity index is 97.1. The van der Waals surface area contributed by atoms with Crippen molar-refractivity contribution in [3.8, 4) is 0 Å². The Morgan fingerprint density at radius 1 is 1.33 bits per heavy atom. The van der Waals surface area contributed by atoms with Crippen LogP contribution in [0.3, 0.4) is 0 Å². The fourth-order valence-corrected chi connectivity index (χ4v) is 1.11. The lowest BCUT2D eigenvalue weighted by molar-refractivity contribution is -0.0505. The molecule has 0 bridgehead atoms. The van der Waals surface area contributed by atoms with E-state index in [-0.39, 0.29) is 12.3 Å². The fraction of sp³-hybridized carbons (Fsp3) is 1.00. The van der Waals surface area contributed by atoms with Crippen molar-refractivity contribution in [1.82, 2.24) is 4.90 Å². The van der Waals surface area contributed by atoms with E-state index in [1.165, 1.54) is 0 Å². The Labute approximate surface area is 54.9 Å². The van der Waals surface area contributed by atoms with Gasteiger partial charge in [0.15, 0.2) is 0 Å². The molecule has 0 unspecified atom stereocenters. The van der Waals surface area contributed by atoms with Crippen molar-refractivity contribution in [2.75, 3.05) is 13.6 Å². The van der Waals surface area contributed by atoms with E-state index in [0.717, 1.165) is 6.42 Å². The monoisotopic (exact) mass is 131 g/mol. The smallest absolute Gasteiger partial charge is 0.107 e. The number of rotatable bonds is 0. The largest absolute Gasteiger partial charge is 0.392 e. The summed E-state index contributed by atoms with van der Waals surface area (Å²) in [6.45, 7) is 0.598. The third kappa shape index (κ3) is 1.64. The predicted molar refractivity (Wildman–Crippen MR) is 33.9 cm³/mol. The second kappa shape index (κ2) is 2.64. The second-order valence-electron chi connectivity index (χ2n) is 2.65. The Kier molecular flexibility index (Phi) is 2.05. The minimum absolute atomic E-state index is 0.238. The van der Waals surface area contributed by atoms with Gasteiger partial charge in [-0.25, -0.2) is 0 Å². The van der Waals surface area contributed by atoms with Gasteiger partial charge in [-0.2, -0.15) is 0 Å². The van der Waals surface area contributed by atoms with Crippen LogP contribution in [0.4, 0.5) is 0 Å². The zero-order chi connectivity index (χ0) is 6.85. The molecular formula is C6H13NO2. The molecule has 3 nitrogen and oxygen atoms in total. The van der Waals surface area contributed by atoms with Gasteiger partial charge in [-0.3, -0.25) is 4.90 Å². The first-order valence-electron chi connectivity index (χ1n) is 3.26. The van der Waals surface area contributed by atoms with E-state index >= 15 is 0 Å². The third-order valence-corrected chi connectivity index (χ3v) is 1.77. The van der Waals surface area contributed by atoms with Crippen molar-refractivity contribution in [3.05, 3.63) is 0 Å². The van der Waals surface area contributed by atoms with Crippen molar-refractivity contribution in [2.24, 2.45) is 0 Å². The number of hydrogen-bond donors (Lipinski definition) is 2. The van der Waals surface area contributed by atoms with Crippen LogP contribution in [0.25, 0.3) is 0 Å². The van der Waals surface area contributed by atoms with Gasteiger partial charge in [0.05, 0.1) is 6.10 Å². The summed E-state index contributed by atoms with van der Waals surface area (Å²) in [5, 5.41) is 18.2. The summed E-state index contributed by atoms with van der Waals surface area (Å²) in [6.07, 6.45) is 0.843. The average Bonchev–Trinajstić information content (AvgIpc) is 1.80. The molecule has 1 fully saturated rings. The normalized spacial score (nSPS) is 39.0. The van der Waals surface area contributed by atoms with E-state index < -0.39 is 0 Å². The Hall–Kier alpha value is -0.120. The van der Waals surface area contributed by atoms with Crippen molar-refractivity contribution in [2.45, 2.75) is 25.2 Å². The summed E-state index contributed by atoms with van der Waals surface area (Å²) >= 11 is 0. The van der Waals surface area contributed by atoms with Crippen molar-refractivity contribution >= 4 is 0 Å². The minimum Gasteiger partial charge on any atom is -0.392 e. The highest BCUT2D eigenvalue weighted by Crippen LogP contribution is 2.12. The number of piperidine rings is 1. The molecule has 0 radical (unpaired) electrons. The zero-order valence-electron chi connectivity index (χ0n) is 5.62. The molecule has 0 aromatic heterocycles. The molecular weight excluding hydrogens is 118 g/mol. The van der Waals surface area contributed by atoms with Gasteiger partial charge >= 0.3 is 0 Å². The number of hydrogen-bond acceptors (Lipinski definition) is 3. The number of likely N-dealkylation sites (tertiary alicyclic amines) is 1. The zero-order valence-corrected chi connectivity index (χ0v) is 5.62. The van der Waals surface area contributed by atoms with E-state index in [2.05, 4.69) is 0 Å². The van der Waals surface area contributed by atoms with Crippen LogP contribution in [-0.4, -0.2) is 41.0 Å². The molecule has 54 valence electrons. The van der Waals surface area contributed by atoms with Gasteiger partial charge in [0.2, 0.25) is 0 Å². The van der Waals surface area contributed by atoms with Crippen LogP contribution in [0.1, 0.15) is 12.8 Å². The summed E-state index contributed by atoms with van der Waals surface area (Å²) in [5.41, 5.74) is 0. The molecule has 0 aromatic carbocycles. The number of aliphatic hydroxyl groups is 2. The van der Waals surface area contributed by atoms with Gasteiger partial charge in [0.1, 0.15) is 6.23 Å². The second-order valence-corrected chi connectivity index (χ2v) is 2.65. The summed E-state index contributed by atoms with van der Waals surface area (Å²) in [5.74, 6) is 0. The molecule has 1 aliphatic rings. The minimum atomic E-state index is -0.339. The predicted octanol–water partition coefficient (Wildman–Crippen LogP) is -0.609. The Morgan fingerprint density at radius 3 is 2.44 bits per heavy atom. The van der Waals surface area contributed by atoms with E-state index in [1.54, 1.807) is 4.90 Å². The van der Waals surface area contributed by atoms with Gasteiger partial charge < -0.3 is 10.2 Å². The molecule has 0 saturated carbocycles. The highest BCUT2D eigenvalue weighted by atomic mass is 16.3. The van der Waals surface area contributed by atoms with Crippen molar-refractivity contribution < 1.29 is 10.2 Å². The van der Waals surface area contributed by atoms with Crippen LogP contribution in [0, 0.1) is 0 Å². The molecule has 0 aromatic rings. The molecule has 0 aliphatic carbocycles. The highest BCUT2D eigenvalue weighted by molar-refractivity contribution is 4.71. The SMILES string of the molecule is CN1C[C@H](O)CC[C@@H]1O.